The summed E-state index contributed by atoms with van der Waals surface area (Å²) in [6.45, 7) is 1.71. The molecular weight excluding hydrogens is 196 g/mol. The van der Waals surface area contributed by atoms with Crippen molar-refractivity contribution in [2.24, 2.45) is 19.2 Å². The standard InChI is InChI=1S/C9H14N4O2/c1-6-7(5-11-10-2)8(14)13(4)9(15)12(6)3/h5,10H,1-4H3/b11-5+. The lowest BCUT2D eigenvalue weighted by Crippen LogP contribution is -2.40. The lowest BCUT2D eigenvalue weighted by Gasteiger charge is -2.08. The first-order chi connectivity index (χ1) is 7.00. The van der Waals surface area contributed by atoms with E-state index in [1.807, 2.05) is 0 Å². The molecule has 6 heteroatoms. The molecule has 0 bridgehead atoms. The molecule has 0 fully saturated rings. The SMILES string of the molecule is CN/N=C/c1c(C)n(C)c(=O)n(C)c1=O. The molecule has 0 radical (unpaired) electrons. The Balaban J connectivity index is 3.60. The fraction of sp³-hybridized carbons (Fsp3) is 0.444. The van der Waals surface area contributed by atoms with Gasteiger partial charge in [0.05, 0.1) is 11.8 Å². The molecule has 0 spiro atoms. The lowest BCUT2D eigenvalue weighted by molar-refractivity contribution is 0.665. The molecule has 1 N–H and O–H groups in total. The Kier molecular flexibility index (Phi) is 3.08. The van der Waals surface area contributed by atoms with Gasteiger partial charge in [0.15, 0.2) is 0 Å². The van der Waals surface area contributed by atoms with Crippen LogP contribution >= 0.6 is 0 Å². The molecule has 15 heavy (non-hydrogen) atoms. The van der Waals surface area contributed by atoms with Gasteiger partial charge in [-0.3, -0.25) is 9.36 Å². The third-order valence-corrected chi connectivity index (χ3v) is 2.32. The third-order valence-electron chi connectivity index (χ3n) is 2.32. The average Bonchev–Trinajstić information content (AvgIpc) is 2.24. The second-order valence-corrected chi connectivity index (χ2v) is 3.19. The fourth-order valence-corrected chi connectivity index (χ4v) is 1.25. The quantitative estimate of drug-likeness (QED) is 0.500. The number of nitrogens with one attached hydrogen (secondary N) is 1. The summed E-state index contributed by atoms with van der Waals surface area (Å²) >= 11 is 0. The Morgan fingerprint density at radius 3 is 2.40 bits per heavy atom. The molecule has 0 aromatic carbocycles. The van der Waals surface area contributed by atoms with E-state index in [1.165, 1.54) is 17.8 Å². The van der Waals surface area contributed by atoms with Crippen molar-refractivity contribution in [1.82, 2.24) is 14.6 Å². The summed E-state index contributed by atoms with van der Waals surface area (Å²) in [6.07, 6.45) is 1.41. The second-order valence-electron chi connectivity index (χ2n) is 3.19. The molecule has 0 aliphatic rings. The molecule has 0 amide bonds. The maximum atomic E-state index is 11.7. The topological polar surface area (TPSA) is 68.4 Å². The van der Waals surface area contributed by atoms with E-state index in [0.29, 0.717) is 11.3 Å². The molecule has 82 valence electrons. The van der Waals surface area contributed by atoms with Crippen LogP contribution in [-0.4, -0.2) is 22.4 Å². The molecule has 0 atom stereocenters. The maximum absolute atomic E-state index is 11.7. The highest BCUT2D eigenvalue weighted by molar-refractivity contribution is 5.80. The number of hydrogen-bond acceptors (Lipinski definition) is 4. The molecule has 0 saturated carbocycles. The fourth-order valence-electron chi connectivity index (χ4n) is 1.25. The molecule has 1 heterocycles. The van der Waals surface area contributed by atoms with Crippen LogP contribution in [0.4, 0.5) is 0 Å². The van der Waals surface area contributed by atoms with Crippen molar-refractivity contribution in [3.8, 4) is 0 Å². The third kappa shape index (κ3) is 1.83. The first kappa shape index (κ1) is 11.2. The Morgan fingerprint density at radius 1 is 1.27 bits per heavy atom. The van der Waals surface area contributed by atoms with E-state index in [0.717, 1.165) is 4.57 Å². The molecule has 6 nitrogen and oxygen atoms in total. The summed E-state index contributed by atoms with van der Waals surface area (Å²) in [7, 11) is 4.70. The van der Waals surface area contributed by atoms with E-state index in [-0.39, 0.29) is 11.2 Å². The van der Waals surface area contributed by atoms with E-state index < -0.39 is 0 Å². The van der Waals surface area contributed by atoms with Crippen LogP contribution in [0.25, 0.3) is 0 Å². The van der Waals surface area contributed by atoms with Crippen LogP contribution in [0, 0.1) is 6.92 Å². The van der Waals surface area contributed by atoms with Crippen LogP contribution < -0.4 is 16.7 Å². The maximum Gasteiger partial charge on any atom is 0.330 e. The first-order valence-electron chi connectivity index (χ1n) is 4.47. The predicted molar refractivity (Wildman–Crippen MR) is 58.3 cm³/mol. The smallest absolute Gasteiger partial charge is 0.313 e. The highest BCUT2D eigenvalue weighted by Gasteiger charge is 2.09. The van der Waals surface area contributed by atoms with Gasteiger partial charge in [-0.2, -0.15) is 5.10 Å². The highest BCUT2D eigenvalue weighted by atomic mass is 16.2. The number of aromatic nitrogens is 2. The molecule has 0 aliphatic carbocycles. The van der Waals surface area contributed by atoms with Crippen LogP contribution in [0.3, 0.4) is 0 Å². The van der Waals surface area contributed by atoms with Crippen LogP contribution in [0.2, 0.25) is 0 Å². The van der Waals surface area contributed by atoms with Crippen LogP contribution in [0.1, 0.15) is 11.3 Å². The summed E-state index contributed by atoms with van der Waals surface area (Å²) < 4.78 is 2.47. The summed E-state index contributed by atoms with van der Waals surface area (Å²) in [5.74, 6) is 0. The lowest BCUT2D eigenvalue weighted by atomic mass is 10.2. The van der Waals surface area contributed by atoms with Crippen molar-refractivity contribution in [3.63, 3.8) is 0 Å². The van der Waals surface area contributed by atoms with Gasteiger partial charge in [0.1, 0.15) is 0 Å². The van der Waals surface area contributed by atoms with E-state index >= 15 is 0 Å². The molecular formula is C9H14N4O2. The number of hydrogen-bond donors (Lipinski definition) is 1. The zero-order valence-electron chi connectivity index (χ0n) is 9.24. The van der Waals surface area contributed by atoms with Crippen LogP contribution in [0.15, 0.2) is 14.7 Å². The van der Waals surface area contributed by atoms with Crippen molar-refractivity contribution in [1.29, 1.82) is 0 Å². The zero-order chi connectivity index (χ0) is 11.6. The van der Waals surface area contributed by atoms with Gasteiger partial charge in [0.2, 0.25) is 0 Å². The normalized spacial score (nSPS) is 10.9. The van der Waals surface area contributed by atoms with Gasteiger partial charge in [-0.15, -0.1) is 0 Å². The molecule has 1 aromatic heterocycles. The van der Waals surface area contributed by atoms with E-state index in [2.05, 4.69) is 10.5 Å². The Labute approximate surface area is 86.9 Å². The first-order valence-corrected chi connectivity index (χ1v) is 4.47. The van der Waals surface area contributed by atoms with E-state index in [1.54, 1.807) is 21.0 Å². The number of rotatable bonds is 2. The summed E-state index contributed by atoms with van der Waals surface area (Å²) in [5.41, 5.74) is 2.90. The van der Waals surface area contributed by atoms with Gasteiger partial charge in [0, 0.05) is 26.8 Å². The Morgan fingerprint density at radius 2 is 1.87 bits per heavy atom. The second kappa shape index (κ2) is 4.12. The van der Waals surface area contributed by atoms with Crippen molar-refractivity contribution in [3.05, 3.63) is 32.1 Å². The number of nitrogens with zero attached hydrogens (tertiary/aromatic N) is 3. The number of hydrazone groups is 1. The molecule has 0 saturated heterocycles. The van der Waals surface area contributed by atoms with Crippen molar-refractivity contribution in [2.45, 2.75) is 6.92 Å². The molecule has 0 unspecified atom stereocenters. The van der Waals surface area contributed by atoms with Crippen molar-refractivity contribution in [2.75, 3.05) is 7.05 Å². The zero-order valence-corrected chi connectivity index (χ0v) is 9.24. The molecule has 0 aliphatic heterocycles. The van der Waals surface area contributed by atoms with Gasteiger partial charge >= 0.3 is 5.69 Å². The van der Waals surface area contributed by atoms with Gasteiger partial charge < -0.3 is 9.99 Å². The van der Waals surface area contributed by atoms with E-state index in [9.17, 15) is 9.59 Å². The summed E-state index contributed by atoms with van der Waals surface area (Å²) in [4.78, 5) is 23.2. The monoisotopic (exact) mass is 210 g/mol. The molecule has 1 aromatic rings. The Bertz CT molecular complexity index is 510. The van der Waals surface area contributed by atoms with Crippen LogP contribution in [0.5, 0.6) is 0 Å². The van der Waals surface area contributed by atoms with Gasteiger partial charge in [-0.05, 0) is 6.92 Å². The Hall–Kier alpha value is -1.85. The van der Waals surface area contributed by atoms with E-state index in [4.69, 9.17) is 0 Å². The minimum absolute atomic E-state index is 0.334. The van der Waals surface area contributed by atoms with Crippen molar-refractivity contribution >= 4 is 6.21 Å². The predicted octanol–water partition coefficient (Wildman–Crippen LogP) is -1.05. The van der Waals surface area contributed by atoms with Gasteiger partial charge in [-0.25, -0.2) is 4.79 Å². The average molecular weight is 210 g/mol. The van der Waals surface area contributed by atoms with Gasteiger partial charge in [-0.1, -0.05) is 0 Å². The minimum Gasteiger partial charge on any atom is -0.313 e. The summed E-state index contributed by atoms with van der Waals surface area (Å²) in [6, 6.07) is 0. The highest BCUT2D eigenvalue weighted by Crippen LogP contribution is 1.94. The van der Waals surface area contributed by atoms with Gasteiger partial charge in [0.25, 0.3) is 5.56 Å². The largest absolute Gasteiger partial charge is 0.330 e. The summed E-state index contributed by atoms with van der Waals surface area (Å²) in [5, 5.41) is 3.77. The van der Waals surface area contributed by atoms with Crippen LogP contribution in [-0.2, 0) is 14.1 Å². The van der Waals surface area contributed by atoms with Crippen molar-refractivity contribution < 1.29 is 0 Å². The molecule has 1 rings (SSSR count). The minimum atomic E-state index is -0.338.